The number of hydrogen-bond acceptors (Lipinski definition) is 7. The molecule has 0 unspecified atom stereocenters. The van der Waals surface area contributed by atoms with Crippen molar-refractivity contribution in [1.82, 2.24) is 25.6 Å². The SMILES string of the molecule is COc1ccc(NC(=O)C2(c3ccccc3C(C)C)CC(Cc3nn[nH]n3)C2)c(OC(F)F)n1. The van der Waals surface area contributed by atoms with Gasteiger partial charge in [-0.2, -0.15) is 19.0 Å². The van der Waals surface area contributed by atoms with Gasteiger partial charge in [-0.3, -0.25) is 4.79 Å². The van der Waals surface area contributed by atoms with Crippen LogP contribution in [0.3, 0.4) is 0 Å². The van der Waals surface area contributed by atoms with Crippen molar-refractivity contribution in [2.75, 3.05) is 12.4 Å². The van der Waals surface area contributed by atoms with Gasteiger partial charge >= 0.3 is 6.61 Å². The van der Waals surface area contributed by atoms with Crippen molar-refractivity contribution in [3.8, 4) is 11.8 Å². The number of alkyl halides is 2. The number of nitrogens with zero attached hydrogens (tertiary/aromatic N) is 4. The summed E-state index contributed by atoms with van der Waals surface area (Å²) in [5.41, 5.74) is 1.18. The summed E-state index contributed by atoms with van der Waals surface area (Å²) < 4.78 is 35.5. The summed E-state index contributed by atoms with van der Waals surface area (Å²) in [6.07, 6.45) is 1.68. The molecule has 0 atom stereocenters. The fourth-order valence-corrected chi connectivity index (χ4v) is 4.61. The van der Waals surface area contributed by atoms with Crippen LogP contribution in [0.15, 0.2) is 36.4 Å². The summed E-state index contributed by atoms with van der Waals surface area (Å²) in [4.78, 5) is 17.7. The minimum atomic E-state index is -3.10. The van der Waals surface area contributed by atoms with Gasteiger partial charge in [-0.1, -0.05) is 43.3 Å². The van der Waals surface area contributed by atoms with Crippen LogP contribution >= 0.6 is 0 Å². The molecule has 1 aliphatic rings. The van der Waals surface area contributed by atoms with Gasteiger partial charge in [0.1, 0.15) is 5.69 Å². The Hall–Kier alpha value is -3.63. The van der Waals surface area contributed by atoms with Crippen LogP contribution in [-0.2, 0) is 16.6 Å². The third-order valence-electron chi connectivity index (χ3n) is 6.16. The van der Waals surface area contributed by atoms with Crippen molar-refractivity contribution >= 4 is 11.6 Å². The summed E-state index contributed by atoms with van der Waals surface area (Å²) in [5, 5.41) is 16.9. The number of anilines is 1. The number of H-pyrrole nitrogens is 1. The van der Waals surface area contributed by atoms with E-state index in [1.165, 1.54) is 19.2 Å². The molecule has 1 aromatic carbocycles. The normalized spacial score (nSPS) is 19.7. The number of carbonyl (C=O) groups excluding carboxylic acids is 1. The van der Waals surface area contributed by atoms with Crippen LogP contribution in [0.2, 0.25) is 0 Å². The van der Waals surface area contributed by atoms with E-state index in [1.807, 2.05) is 24.3 Å². The van der Waals surface area contributed by atoms with E-state index in [1.54, 1.807) is 0 Å². The second-order valence-electron chi connectivity index (χ2n) is 8.67. The van der Waals surface area contributed by atoms with Crippen LogP contribution in [0.1, 0.15) is 49.6 Å². The molecule has 1 saturated carbocycles. The van der Waals surface area contributed by atoms with Gasteiger partial charge in [0.25, 0.3) is 0 Å². The molecule has 2 aromatic heterocycles. The Kier molecular flexibility index (Phi) is 6.71. The third-order valence-corrected chi connectivity index (χ3v) is 6.16. The smallest absolute Gasteiger partial charge is 0.388 e. The Morgan fingerprint density at radius 3 is 2.65 bits per heavy atom. The molecular weight excluding hydrogens is 446 g/mol. The van der Waals surface area contributed by atoms with E-state index in [2.05, 4.69) is 49.5 Å². The number of aromatic nitrogens is 5. The first-order valence-corrected chi connectivity index (χ1v) is 11.0. The van der Waals surface area contributed by atoms with Crippen LogP contribution in [0.5, 0.6) is 11.8 Å². The quantitative estimate of drug-likeness (QED) is 0.486. The molecule has 1 fully saturated rings. The van der Waals surface area contributed by atoms with Gasteiger partial charge in [-0.25, -0.2) is 0 Å². The zero-order chi connectivity index (χ0) is 24.3. The highest BCUT2D eigenvalue weighted by atomic mass is 19.3. The predicted octanol–water partition coefficient (Wildman–Crippen LogP) is 3.86. The van der Waals surface area contributed by atoms with Crippen molar-refractivity contribution in [3.05, 3.63) is 53.3 Å². The van der Waals surface area contributed by atoms with Crippen LogP contribution in [0.4, 0.5) is 14.5 Å². The van der Waals surface area contributed by atoms with Gasteiger partial charge in [0.2, 0.25) is 17.7 Å². The molecule has 1 aliphatic carbocycles. The molecule has 4 rings (SSSR count). The molecule has 3 aromatic rings. The van der Waals surface area contributed by atoms with E-state index in [4.69, 9.17) is 4.74 Å². The Balaban J connectivity index is 1.66. The Morgan fingerprint density at radius 1 is 1.24 bits per heavy atom. The Bertz CT molecular complexity index is 1130. The van der Waals surface area contributed by atoms with Gasteiger partial charge in [-0.05, 0) is 41.9 Å². The second-order valence-corrected chi connectivity index (χ2v) is 8.67. The van der Waals surface area contributed by atoms with Crippen LogP contribution in [-0.4, -0.2) is 45.2 Å². The zero-order valence-electron chi connectivity index (χ0n) is 19.1. The summed E-state index contributed by atoms with van der Waals surface area (Å²) >= 11 is 0. The molecular formula is C23H26F2N6O3. The number of pyridine rings is 1. The molecule has 0 bridgehead atoms. The number of nitrogens with one attached hydrogen (secondary N) is 2. The summed E-state index contributed by atoms with van der Waals surface area (Å²) in [6, 6.07) is 10.7. The highest BCUT2D eigenvalue weighted by molar-refractivity contribution is 6.01. The van der Waals surface area contributed by atoms with Gasteiger partial charge in [0, 0.05) is 12.5 Å². The average Bonchev–Trinajstić information content (AvgIpc) is 3.30. The first-order chi connectivity index (χ1) is 16.3. The average molecular weight is 472 g/mol. The van der Waals surface area contributed by atoms with E-state index in [-0.39, 0.29) is 29.3 Å². The lowest BCUT2D eigenvalue weighted by Gasteiger charge is -2.47. The predicted molar refractivity (Wildman–Crippen MR) is 119 cm³/mol. The number of ether oxygens (including phenoxy) is 2. The molecule has 0 aliphatic heterocycles. The molecule has 9 nitrogen and oxygen atoms in total. The van der Waals surface area contributed by atoms with Gasteiger partial charge in [0.05, 0.1) is 12.5 Å². The number of halogens is 2. The molecule has 0 radical (unpaired) electrons. The number of hydrogen-bond donors (Lipinski definition) is 2. The van der Waals surface area contributed by atoms with E-state index in [9.17, 15) is 13.6 Å². The minimum absolute atomic E-state index is 0.0501. The zero-order valence-corrected chi connectivity index (χ0v) is 19.1. The number of aromatic amines is 1. The second kappa shape index (κ2) is 9.70. The number of rotatable bonds is 9. The maximum atomic E-state index is 13.8. The van der Waals surface area contributed by atoms with Crippen molar-refractivity contribution in [1.29, 1.82) is 0 Å². The van der Waals surface area contributed by atoms with Gasteiger partial charge in [-0.15, -0.1) is 10.2 Å². The number of methoxy groups -OCH3 is 1. The number of carbonyl (C=O) groups is 1. The molecule has 2 heterocycles. The molecule has 0 saturated heterocycles. The summed E-state index contributed by atoms with van der Waals surface area (Å²) in [7, 11) is 1.36. The lowest BCUT2D eigenvalue weighted by molar-refractivity contribution is -0.126. The number of benzene rings is 1. The van der Waals surface area contributed by atoms with Crippen molar-refractivity contribution in [3.63, 3.8) is 0 Å². The fourth-order valence-electron chi connectivity index (χ4n) is 4.61. The number of amides is 1. The van der Waals surface area contributed by atoms with E-state index < -0.39 is 17.9 Å². The summed E-state index contributed by atoms with van der Waals surface area (Å²) in [6.45, 7) is 1.04. The van der Waals surface area contributed by atoms with E-state index in [0.29, 0.717) is 25.1 Å². The largest absolute Gasteiger partial charge is 0.481 e. The molecule has 2 N–H and O–H groups in total. The van der Waals surface area contributed by atoms with Crippen LogP contribution in [0.25, 0.3) is 0 Å². The van der Waals surface area contributed by atoms with E-state index in [0.717, 1.165) is 11.1 Å². The van der Waals surface area contributed by atoms with Gasteiger partial charge in [0.15, 0.2) is 5.82 Å². The summed E-state index contributed by atoms with van der Waals surface area (Å²) in [5.74, 6) is 0.320. The van der Waals surface area contributed by atoms with Crippen molar-refractivity contribution in [2.24, 2.45) is 5.92 Å². The highest BCUT2D eigenvalue weighted by Crippen LogP contribution is 2.51. The minimum Gasteiger partial charge on any atom is -0.481 e. The van der Waals surface area contributed by atoms with E-state index >= 15 is 0 Å². The van der Waals surface area contributed by atoms with Crippen molar-refractivity contribution < 1.29 is 23.0 Å². The van der Waals surface area contributed by atoms with Gasteiger partial charge < -0.3 is 14.8 Å². The molecule has 0 spiro atoms. The lowest BCUT2D eigenvalue weighted by atomic mass is 9.56. The van der Waals surface area contributed by atoms with Crippen molar-refractivity contribution in [2.45, 2.75) is 51.1 Å². The van der Waals surface area contributed by atoms with Crippen LogP contribution < -0.4 is 14.8 Å². The maximum Gasteiger partial charge on any atom is 0.388 e. The molecule has 11 heteroatoms. The topological polar surface area (TPSA) is 115 Å². The molecule has 34 heavy (non-hydrogen) atoms. The monoisotopic (exact) mass is 472 g/mol. The molecule has 1 amide bonds. The lowest BCUT2D eigenvalue weighted by Crippen LogP contribution is -2.51. The van der Waals surface area contributed by atoms with Crippen LogP contribution in [0, 0.1) is 5.92 Å². The Labute approximate surface area is 195 Å². The highest BCUT2D eigenvalue weighted by Gasteiger charge is 2.52. The molecule has 180 valence electrons. The standard InChI is InChI=1S/C23H26F2N6O3/c1-13(2)15-6-4-5-7-16(15)23(11-14(12-23)10-18-28-30-31-29-18)21(32)26-17-8-9-19(33-3)27-20(17)34-22(24)25/h4-9,13-14,22H,10-12H2,1-3H3,(H,26,32)(H,28,29,30,31). The first-order valence-electron chi connectivity index (χ1n) is 11.0. The first kappa shape index (κ1) is 23.5. The Morgan fingerprint density at radius 2 is 2.00 bits per heavy atom. The third kappa shape index (κ3) is 4.68. The maximum absolute atomic E-state index is 13.8. The number of tetrazole rings is 1. The fraction of sp³-hybridized carbons (Fsp3) is 0.435.